The molecular weight excluding hydrogens is 362 g/mol. The molecule has 0 radical (unpaired) electrons. The minimum absolute atomic E-state index is 0.147. The van der Waals surface area contributed by atoms with E-state index < -0.39 is 11.9 Å². The lowest BCUT2D eigenvalue weighted by atomic mass is 10.1. The first kappa shape index (κ1) is 19.2. The van der Waals surface area contributed by atoms with Crippen molar-refractivity contribution in [3.8, 4) is 11.3 Å². The molecule has 2 N–H and O–H groups in total. The Bertz CT molecular complexity index is 761. The zero-order valence-electron chi connectivity index (χ0n) is 14.2. The van der Waals surface area contributed by atoms with E-state index in [0.29, 0.717) is 11.6 Å². The van der Waals surface area contributed by atoms with Gasteiger partial charge in [-0.15, -0.1) is 11.3 Å². The summed E-state index contributed by atoms with van der Waals surface area (Å²) in [6.45, 7) is 3.99. The van der Waals surface area contributed by atoms with Gasteiger partial charge in [0.2, 0.25) is 0 Å². The molecule has 0 saturated heterocycles. The highest BCUT2D eigenvalue weighted by Gasteiger charge is 2.18. The molecule has 0 spiro atoms. The number of amides is 2. The minimum Gasteiger partial charge on any atom is -0.481 e. The molecule has 0 saturated carbocycles. The molecule has 1 heterocycles. The Morgan fingerprint density at radius 1 is 1.36 bits per heavy atom. The minimum atomic E-state index is -0.928. The van der Waals surface area contributed by atoms with Crippen LogP contribution in [0, 0.1) is 12.8 Å². The lowest BCUT2D eigenvalue weighted by Crippen LogP contribution is -2.40. The van der Waals surface area contributed by atoms with E-state index in [1.54, 1.807) is 14.0 Å². The molecule has 0 aliphatic heterocycles. The van der Waals surface area contributed by atoms with Crippen LogP contribution < -0.4 is 5.32 Å². The maximum atomic E-state index is 12.1. The molecule has 6 nitrogen and oxygen atoms in total. The quantitative estimate of drug-likeness (QED) is 0.800. The Morgan fingerprint density at radius 2 is 2.00 bits per heavy atom. The number of urea groups is 1. The van der Waals surface area contributed by atoms with Crippen LogP contribution in [0.2, 0.25) is 5.02 Å². The number of aryl methyl sites for hydroxylation is 1. The van der Waals surface area contributed by atoms with Crippen molar-refractivity contribution >= 4 is 34.9 Å². The second kappa shape index (κ2) is 8.31. The van der Waals surface area contributed by atoms with Gasteiger partial charge in [0, 0.05) is 29.1 Å². The zero-order chi connectivity index (χ0) is 18.6. The molecule has 2 amide bonds. The molecule has 2 rings (SSSR count). The molecule has 2 aromatic rings. The summed E-state index contributed by atoms with van der Waals surface area (Å²) in [7, 11) is 1.57. The molecule has 0 aliphatic carbocycles. The van der Waals surface area contributed by atoms with Gasteiger partial charge in [-0.1, -0.05) is 30.7 Å². The van der Waals surface area contributed by atoms with Crippen molar-refractivity contribution in [1.29, 1.82) is 0 Å². The lowest BCUT2D eigenvalue weighted by molar-refractivity contribution is -0.141. The lowest BCUT2D eigenvalue weighted by Gasteiger charge is -2.19. The van der Waals surface area contributed by atoms with E-state index in [1.807, 2.05) is 31.2 Å². The predicted octanol–water partition coefficient (Wildman–Crippen LogP) is 3.63. The number of carbonyl (C=O) groups is 2. The summed E-state index contributed by atoms with van der Waals surface area (Å²) in [5.74, 6) is -1.54. The third-order valence-corrected chi connectivity index (χ3v) is 4.89. The molecule has 25 heavy (non-hydrogen) atoms. The summed E-state index contributed by atoms with van der Waals surface area (Å²) >= 11 is 7.42. The fourth-order valence-corrected chi connectivity index (χ4v) is 3.28. The van der Waals surface area contributed by atoms with Gasteiger partial charge < -0.3 is 15.3 Å². The topological polar surface area (TPSA) is 82.5 Å². The average molecular weight is 382 g/mol. The number of carboxylic acid groups (broad SMARTS) is 1. The maximum Gasteiger partial charge on any atom is 0.317 e. The molecule has 1 unspecified atom stereocenters. The summed E-state index contributed by atoms with van der Waals surface area (Å²) in [6.07, 6.45) is 0. The SMILES string of the molecule is Cc1sc(CNC(=O)N(C)CC(C)C(=O)O)nc1-c1ccc(Cl)cc1. The highest BCUT2D eigenvalue weighted by molar-refractivity contribution is 7.12. The van der Waals surface area contributed by atoms with Crippen LogP contribution in [0.25, 0.3) is 11.3 Å². The van der Waals surface area contributed by atoms with E-state index in [0.717, 1.165) is 21.1 Å². The van der Waals surface area contributed by atoms with E-state index in [-0.39, 0.29) is 12.6 Å². The highest BCUT2D eigenvalue weighted by atomic mass is 35.5. The van der Waals surface area contributed by atoms with Gasteiger partial charge in [-0.05, 0) is 19.1 Å². The van der Waals surface area contributed by atoms with Gasteiger partial charge in [0.25, 0.3) is 0 Å². The van der Waals surface area contributed by atoms with Crippen molar-refractivity contribution in [2.45, 2.75) is 20.4 Å². The van der Waals surface area contributed by atoms with Crippen LogP contribution in [-0.4, -0.2) is 40.6 Å². The second-order valence-corrected chi connectivity index (χ2v) is 7.52. The van der Waals surface area contributed by atoms with Crippen LogP contribution in [0.1, 0.15) is 16.8 Å². The maximum absolute atomic E-state index is 12.1. The number of nitrogens with zero attached hydrogens (tertiary/aromatic N) is 2. The monoisotopic (exact) mass is 381 g/mol. The van der Waals surface area contributed by atoms with Gasteiger partial charge in [-0.3, -0.25) is 4.79 Å². The highest BCUT2D eigenvalue weighted by Crippen LogP contribution is 2.28. The standard InChI is InChI=1S/C17H20ClN3O3S/c1-10(16(22)23)9-21(3)17(24)19-8-14-20-15(11(2)25-14)12-4-6-13(18)7-5-12/h4-7,10H,8-9H2,1-3H3,(H,19,24)(H,22,23). The summed E-state index contributed by atoms with van der Waals surface area (Å²) in [4.78, 5) is 29.9. The van der Waals surface area contributed by atoms with Crippen LogP contribution in [0.3, 0.4) is 0 Å². The number of nitrogens with one attached hydrogen (secondary N) is 1. The first-order valence-corrected chi connectivity index (χ1v) is 8.91. The molecule has 1 atom stereocenters. The van der Waals surface area contributed by atoms with Crippen molar-refractivity contribution in [3.05, 3.63) is 39.2 Å². The van der Waals surface area contributed by atoms with E-state index in [1.165, 1.54) is 16.2 Å². The Kier molecular flexibility index (Phi) is 6.39. The third kappa shape index (κ3) is 5.17. The van der Waals surface area contributed by atoms with E-state index >= 15 is 0 Å². The van der Waals surface area contributed by atoms with Gasteiger partial charge in [-0.2, -0.15) is 0 Å². The van der Waals surface area contributed by atoms with Crippen molar-refractivity contribution < 1.29 is 14.7 Å². The molecule has 134 valence electrons. The number of aliphatic carboxylic acids is 1. The first-order chi connectivity index (χ1) is 11.8. The Hall–Kier alpha value is -2.12. The molecule has 0 bridgehead atoms. The van der Waals surface area contributed by atoms with E-state index in [2.05, 4.69) is 10.3 Å². The number of carboxylic acids is 1. The van der Waals surface area contributed by atoms with Gasteiger partial charge in [0.05, 0.1) is 18.2 Å². The van der Waals surface area contributed by atoms with Crippen molar-refractivity contribution in [2.75, 3.05) is 13.6 Å². The van der Waals surface area contributed by atoms with Crippen molar-refractivity contribution in [2.24, 2.45) is 5.92 Å². The molecule has 1 aromatic carbocycles. The molecule has 1 aromatic heterocycles. The van der Waals surface area contributed by atoms with E-state index in [4.69, 9.17) is 16.7 Å². The van der Waals surface area contributed by atoms with Gasteiger partial charge >= 0.3 is 12.0 Å². The van der Waals surface area contributed by atoms with Crippen molar-refractivity contribution in [3.63, 3.8) is 0 Å². The summed E-state index contributed by atoms with van der Waals surface area (Å²) in [5, 5.41) is 13.1. The normalized spacial score (nSPS) is 11.8. The van der Waals surface area contributed by atoms with Crippen LogP contribution >= 0.6 is 22.9 Å². The van der Waals surface area contributed by atoms with E-state index in [9.17, 15) is 9.59 Å². The van der Waals surface area contributed by atoms with Crippen LogP contribution in [0.5, 0.6) is 0 Å². The van der Waals surface area contributed by atoms with Gasteiger partial charge in [-0.25, -0.2) is 9.78 Å². The number of rotatable bonds is 6. The second-order valence-electron chi connectivity index (χ2n) is 5.80. The number of halogens is 1. The third-order valence-electron chi connectivity index (χ3n) is 3.67. The average Bonchev–Trinajstić information content (AvgIpc) is 2.94. The molecular formula is C17H20ClN3O3S. The first-order valence-electron chi connectivity index (χ1n) is 7.72. The number of thiazole rings is 1. The van der Waals surface area contributed by atoms with Gasteiger partial charge in [0.15, 0.2) is 0 Å². The fourth-order valence-electron chi connectivity index (χ4n) is 2.26. The summed E-state index contributed by atoms with van der Waals surface area (Å²) < 4.78 is 0. The Labute approximate surface area is 155 Å². The molecule has 0 fully saturated rings. The predicted molar refractivity (Wildman–Crippen MR) is 99.0 cm³/mol. The van der Waals surface area contributed by atoms with Crippen molar-refractivity contribution in [1.82, 2.24) is 15.2 Å². The molecule has 8 heteroatoms. The molecule has 0 aliphatic rings. The number of benzene rings is 1. The number of hydrogen-bond donors (Lipinski definition) is 2. The Balaban J connectivity index is 1.97. The zero-order valence-corrected chi connectivity index (χ0v) is 15.8. The summed E-state index contributed by atoms with van der Waals surface area (Å²) in [5.41, 5.74) is 1.85. The van der Waals surface area contributed by atoms with Gasteiger partial charge in [0.1, 0.15) is 5.01 Å². The number of hydrogen-bond acceptors (Lipinski definition) is 4. The number of aromatic nitrogens is 1. The van der Waals surface area contributed by atoms with Crippen LogP contribution in [0.15, 0.2) is 24.3 Å². The number of carbonyl (C=O) groups excluding carboxylic acids is 1. The largest absolute Gasteiger partial charge is 0.481 e. The Morgan fingerprint density at radius 3 is 2.60 bits per heavy atom. The fraction of sp³-hybridized carbons (Fsp3) is 0.353. The summed E-state index contributed by atoms with van der Waals surface area (Å²) in [6, 6.07) is 7.13. The smallest absolute Gasteiger partial charge is 0.317 e. The van der Waals surface area contributed by atoms with Crippen LogP contribution in [0.4, 0.5) is 4.79 Å². The van der Waals surface area contributed by atoms with Crippen LogP contribution in [-0.2, 0) is 11.3 Å².